The molecule has 82 valence electrons. The first kappa shape index (κ1) is 11.5. The average molecular weight is 200 g/mol. The number of piperidine rings is 1. The van der Waals surface area contributed by atoms with E-state index < -0.39 is 5.97 Å². The largest absolute Gasteiger partial charge is 0.481 e. The molecule has 0 atom stereocenters. The third kappa shape index (κ3) is 5.19. The van der Waals surface area contributed by atoms with Gasteiger partial charge in [-0.2, -0.15) is 0 Å². The topological polar surface area (TPSA) is 61.4 Å². The molecule has 0 unspecified atom stereocenters. The van der Waals surface area contributed by atoms with Crippen LogP contribution in [0.3, 0.4) is 0 Å². The normalized spacial score (nSPS) is 18.3. The van der Waals surface area contributed by atoms with Crippen molar-refractivity contribution in [3.05, 3.63) is 0 Å². The summed E-state index contributed by atoms with van der Waals surface area (Å²) in [5, 5.41) is 15.1. The van der Waals surface area contributed by atoms with E-state index in [1.54, 1.807) is 0 Å². The zero-order valence-corrected chi connectivity index (χ0v) is 8.59. The van der Waals surface area contributed by atoms with Crippen LogP contribution in [0.2, 0.25) is 0 Å². The first-order valence-electron chi connectivity index (χ1n) is 5.42. The fourth-order valence-electron chi connectivity index (χ4n) is 1.76. The highest BCUT2D eigenvalue weighted by Crippen LogP contribution is 2.09. The molecule has 14 heavy (non-hydrogen) atoms. The van der Waals surface area contributed by atoms with Gasteiger partial charge in [-0.3, -0.25) is 4.79 Å². The Hall–Kier alpha value is -0.610. The van der Waals surface area contributed by atoms with Gasteiger partial charge >= 0.3 is 5.97 Å². The monoisotopic (exact) mass is 200 g/mol. The van der Waals surface area contributed by atoms with E-state index in [1.807, 2.05) is 0 Å². The number of nitrogens with one attached hydrogen (secondary N) is 2. The minimum Gasteiger partial charge on any atom is -0.481 e. The smallest absolute Gasteiger partial charge is 0.303 e. The van der Waals surface area contributed by atoms with Crippen LogP contribution in [0.25, 0.3) is 0 Å². The van der Waals surface area contributed by atoms with Crippen molar-refractivity contribution >= 4 is 5.97 Å². The van der Waals surface area contributed by atoms with E-state index in [0.29, 0.717) is 0 Å². The van der Waals surface area contributed by atoms with Crippen LogP contribution >= 0.6 is 0 Å². The summed E-state index contributed by atoms with van der Waals surface area (Å²) in [6, 6.07) is 0. The second kappa shape index (κ2) is 6.79. The van der Waals surface area contributed by atoms with Crippen molar-refractivity contribution < 1.29 is 9.90 Å². The van der Waals surface area contributed by atoms with Gasteiger partial charge < -0.3 is 15.7 Å². The third-order valence-corrected chi connectivity index (χ3v) is 2.64. The number of aliphatic carboxylic acids is 1. The minimum atomic E-state index is -0.700. The van der Waals surface area contributed by atoms with Crippen LogP contribution in [0, 0.1) is 5.92 Å². The Labute approximate surface area is 85.1 Å². The van der Waals surface area contributed by atoms with E-state index in [4.69, 9.17) is 5.11 Å². The van der Waals surface area contributed by atoms with Crippen LogP contribution in [0.4, 0.5) is 0 Å². The van der Waals surface area contributed by atoms with E-state index in [9.17, 15) is 4.79 Å². The highest BCUT2D eigenvalue weighted by molar-refractivity contribution is 5.66. The van der Waals surface area contributed by atoms with Crippen LogP contribution in [-0.4, -0.2) is 37.3 Å². The van der Waals surface area contributed by atoms with Gasteiger partial charge in [0.05, 0.1) is 0 Å². The van der Waals surface area contributed by atoms with Crippen LogP contribution < -0.4 is 10.6 Å². The maximum absolute atomic E-state index is 10.2. The predicted octanol–water partition coefficient (Wildman–Crippen LogP) is 0.440. The molecule has 0 radical (unpaired) electrons. The summed E-state index contributed by atoms with van der Waals surface area (Å²) in [6.45, 7) is 4.13. The molecule has 0 saturated carbocycles. The van der Waals surface area contributed by atoms with E-state index in [-0.39, 0.29) is 6.42 Å². The van der Waals surface area contributed by atoms with Crippen LogP contribution in [0.1, 0.15) is 25.7 Å². The second-order valence-electron chi connectivity index (χ2n) is 3.89. The van der Waals surface area contributed by atoms with Gasteiger partial charge in [0.2, 0.25) is 0 Å². The van der Waals surface area contributed by atoms with Crippen molar-refractivity contribution in [3.8, 4) is 0 Å². The Kier molecular flexibility index (Phi) is 5.56. The molecular weight excluding hydrogens is 180 g/mol. The van der Waals surface area contributed by atoms with Gasteiger partial charge in [-0.15, -0.1) is 0 Å². The summed E-state index contributed by atoms with van der Waals surface area (Å²) in [5.41, 5.74) is 0. The maximum Gasteiger partial charge on any atom is 0.303 e. The Morgan fingerprint density at radius 2 is 2.14 bits per heavy atom. The van der Waals surface area contributed by atoms with E-state index in [2.05, 4.69) is 10.6 Å². The molecule has 1 saturated heterocycles. The quantitative estimate of drug-likeness (QED) is 0.544. The van der Waals surface area contributed by atoms with Crippen molar-refractivity contribution in [2.45, 2.75) is 25.7 Å². The molecule has 0 aromatic carbocycles. The van der Waals surface area contributed by atoms with Gasteiger partial charge in [0.25, 0.3) is 0 Å². The predicted molar refractivity (Wildman–Crippen MR) is 55.3 cm³/mol. The number of carbonyl (C=O) groups is 1. The summed E-state index contributed by atoms with van der Waals surface area (Å²) in [6.07, 6.45) is 3.50. The molecule has 0 aromatic heterocycles. The molecule has 1 fully saturated rings. The fourth-order valence-corrected chi connectivity index (χ4v) is 1.76. The van der Waals surface area contributed by atoms with Gasteiger partial charge in [0.15, 0.2) is 0 Å². The zero-order chi connectivity index (χ0) is 10.2. The molecule has 0 amide bonds. The molecule has 4 heteroatoms. The van der Waals surface area contributed by atoms with Crippen LogP contribution in [-0.2, 0) is 4.79 Å². The number of hydrogen-bond donors (Lipinski definition) is 3. The van der Waals surface area contributed by atoms with Crippen molar-refractivity contribution in [3.63, 3.8) is 0 Å². The van der Waals surface area contributed by atoms with E-state index >= 15 is 0 Å². The highest BCUT2D eigenvalue weighted by Gasteiger charge is 2.11. The van der Waals surface area contributed by atoms with E-state index in [0.717, 1.165) is 38.5 Å². The molecule has 0 spiro atoms. The van der Waals surface area contributed by atoms with Gasteiger partial charge in [0.1, 0.15) is 0 Å². The zero-order valence-electron chi connectivity index (χ0n) is 8.59. The van der Waals surface area contributed by atoms with Gasteiger partial charge in [-0.05, 0) is 51.4 Å². The summed E-state index contributed by atoms with van der Waals surface area (Å²) in [5.74, 6) is 0.0785. The van der Waals surface area contributed by atoms with Crippen LogP contribution in [0.5, 0.6) is 0 Å². The number of hydrogen-bond acceptors (Lipinski definition) is 3. The SMILES string of the molecule is O=C(O)CCCNCC1CCNCC1. The molecule has 3 N–H and O–H groups in total. The molecule has 0 aliphatic carbocycles. The van der Waals surface area contributed by atoms with Crippen molar-refractivity contribution in [1.29, 1.82) is 0 Å². The van der Waals surface area contributed by atoms with Crippen LogP contribution in [0.15, 0.2) is 0 Å². The van der Waals surface area contributed by atoms with E-state index in [1.165, 1.54) is 12.8 Å². The third-order valence-electron chi connectivity index (χ3n) is 2.64. The number of carboxylic acid groups (broad SMARTS) is 1. The summed E-state index contributed by atoms with van der Waals surface area (Å²) >= 11 is 0. The lowest BCUT2D eigenvalue weighted by molar-refractivity contribution is -0.137. The fraction of sp³-hybridized carbons (Fsp3) is 0.900. The molecule has 1 aliphatic heterocycles. The average Bonchev–Trinajstić information content (AvgIpc) is 2.18. The number of rotatable bonds is 6. The molecule has 1 rings (SSSR count). The van der Waals surface area contributed by atoms with Crippen molar-refractivity contribution in [2.24, 2.45) is 5.92 Å². The highest BCUT2D eigenvalue weighted by atomic mass is 16.4. The Morgan fingerprint density at radius 1 is 1.43 bits per heavy atom. The summed E-state index contributed by atoms with van der Waals surface area (Å²) < 4.78 is 0. The maximum atomic E-state index is 10.2. The molecule has 0 bridgehead atoms. The first-order chi connectivity index (χ1) is 6.79. The summed E-state index contributed by atoms with van der Waals surface area (Å²) in [7, 11) is 0. The van der Waals surface area contributed by atoms with Gasteiger partial charge in [0, 0.05) is 6.42 Å². The van der Waals surface area contributed by atoms with Gasteiger partial charge in [-0.1, -0.05) is 0 Å². The lowest BCUT2D eigenvalue weighted by Gasteiger charge is -2.22. The summed E-state index contributed by atoms with van der Waals surface area (Å²) in [4.78, 5) is 10.2. The second-order valence-corrected chi connectivity index (χ2v) is 3.89. The Morgan fingerprint density at radius 3 is 2.79 bits per heavy atom. The molecule has 1 aliphatic rings. The Bertz CT molecular complexity index is 168. The molecule has 0 aromatic rings. The number of carboxylic acids is 1. The standard InChI is InChI=1S/C10H20N2O2/c13-10(14)2-1-5-12-8-9-3-6-11-7-4-9/h9,11-12H,1-8H2,(H,13,14). The molecule has 4 nitrogen and oxygen atoms in total. The molecular formula is C10H20N2O2. The lowest BCUT2D eigenvalue weighted by atomic mass is 9.98. The molecule has 1 heterocycles. The van der Waals surface area contributed by atoms with Gasteiger partial charge in [-0.25, -0.2) is 0 Å². The minimum absolute atomic E-state index is 0.277. The Balaban J connectivity index is 1.90. The first-order valence-corrected chi connectivity index (χ1v) is 5.42. The lowest BCUT2D eigenvalue weighted by Crippen LogP contribution is -2.34. The van der Waals surface area contributed by atoms with Crippen molar-refractivity contribution in [2.75, 3.05) is 26.2 Å². The van der Waals surface area contributed by atoms with Crippen molar-refractivity contribution in [1.82, 2.24) is 10.6 Å².